The van der Waals surface area contributed by atoms with Gasteiger partial charge in [-0.3, -0.25) is 14.4 Å². The molecule has 10 heteroatoms. The molecule has 1 atom stereocenters. The number of rotatable bonds is 6. The van der Waals surface area contributed by atoms with E-state index in [9.17, 15) is 14.4 Å². The van der Waals surface area contributed by atoms with E-state index in [1.54, 1.807) is 33.9 Å². The Kier molecular flexibility index (Phi) is 5.64. The van der Waals surface area contributed by atoms with Crippen molar-refractivity contribution >= 4 is 34.2 Å². The zero-order valence-electron chi connectivity index (χ0n) is 23.8. The molecule has 3 aliphatic carbocycles. The van der Waals surface area contributed by atoms with Gasteiger partial charge >= 0.3 is 0 Å². The Morgan fingerprint density at radius 3 is 2.69 bits per heavy atom. The highest BCUT2D eigenvalue weighted by Crippen LogP contribution is 2.48. The fraction of sp³-hybridized carbons (Fsp3) is 0.438. The highest BCUT2D eigenvalue weighted by molar-refractivity contribution is 6.07. The van der Waals surface area contributed by atoms with Crippen LogP contribution in [-0.2, 0) is 4.79 Å². The maximum atomic E-state index is 13.4. The third-order valence-electron chi connectivity index (χ3n) is 9.86. The van der Waals surface area contributed by atoms with Gasteiger partial charge in [-0.2, -0.15) is 5.10 Å². The SMILES string of the molecule is Cc1oc2cc(Oc3ccnn4cc(C(=O)N5CC(N6CCCC6=O)C5)c(C)c34)ccc2c1C(=O)NC1CC2CC1C2. The molecule has 2 bridgehead atoms. The maximum absolute atomic E-state index is 13.4. The van der Waals surface area contributed by atoms with Gasteiger partial charge in [0.2, 0.25) is 5.91 Å². The average Bonchev–Trinajstić information content (AvgIpc) is 3.72. The number of fused-ring (bicyclic) bond motifs is 3. The highest BCUT2D eigenvalue weighted by Gasteiger charge is 2.45. The fourth-order valence-corrected chi connectivity index (χ4v) is 7.51. The van der Waals surface area contributed by atoms with Crippen LogP contribution in [0.2, 0.25) is 0 Å². The van der Waals surface area contributed by atoms with Crippen LogP contribution in [0.4, 0.5) is 0 Å². The summed E-state index contributed by atoms with van der Waals surface area (Å²) in [7, 11) is 0. The second kappa shape index (κ2) is 9.34. The Bertz CT molecular complexity index is 1780. The summed E-state index contributed by atoms with van der Waals surface area (Å²) in [5, 5.41) is 8.43. The van der Waals surface area contributed by atoms with Crippen molar-refractivity contribution in [3.63, 3.8) is 0 Å². The third-order valence-corrected chi connectivity index (χ3v) is 9.86. The Morgan fingerprint density at radius 1 is 1.12 bits per heavy atom. The van der Waals surface area contributed by atoms with Gasteiger partial charge in [0, 0.05) is 55.8 Å². The molecule has 4 aromatic rings. The smallest absolute Gasteiger partial charge is 0.255 e. The van der Waals surface area contributed by atoms with E-state index in [1.807, 2.05) is 30.9 Å². The standard InChI is InChI=1S/C32H33N5O5/c1-17-24(32(40)35-14-21(15-35)36-9-3-4-28(36)38)16-37-30(17)26(7-8-33-37)42-22-5-6-23-27(13-22)41-18(2)29(23)31(39)34-25-12-19-10-20(25)11-19/h5-8,13,16,19-21,25H,3-4,9-12,14-15H2,1-2H3,(H,34,39). The van der Waals surface area contributed by atoms with Gasteiger partial charge < -0.3 is 24.3 Å². The molecule has 0 radical (unpaired) electrons. The molecule has 9 rings (SSSR count). The van der Waals surface area contributed by atoms with Gasteiger partial charge in [-0.15, -0.1) is 0 Å². The molecule has 5 fully saturated rings. The Labute approximate surface area is 242 Å². The predicted molar refractivity (Wildman–Crippen MR) is 154 cm³/mol. The fourth-order valence-electron chi connectivity index (χ4n) is 7.51. The van der Waals surface area contributed by atoms with Gasteiger partial charge in [0.05, 0.1) is 23.4 Å². The van der Waals surface area contributed by atoms with Crippen molar-refractivity contribution in [2.75, 3.05) is 19.6 Å². The van der Waals surface area contributed by atoms with E-state index < -0.39 is 0 Å². The number of furan rings is 1. The van der Waals surface area contributed by atoms with Gasteiger partial charge in [0.1, 0.15) is 22.6 Å². The Morgan fingerprint density at radius 2 is 1.95 bits per heavy atom. The number of nitrogens with one attached hydrogen (secondary N) is 1. The average molecular weight is 568 g/mol. The molecule has 5 heterocycles. The molecule has 3 saturated carbocycles. The van der Waals surface area contributed by atoms with E-state index >= 15 is 0 Å². The molecule has 3 amide bonds. The minimum Gasteiger partial charge on any atom is -0.460 e. The van der Waals surface area contributed by atoms with E-state index in [1.165, 1.54) is 12.8 Å². The lowest BCUT2D eigenvalue weighted by atomic mass is 9.84. The van der Waals surface area contributed by atoms with Gasteiger partial charge in [-0.25, -0.2) is 4.52 Å². The summed E-state index contributed by atoms with van der Waals surface area (Å²) in [6.45, 7) is 5.61. The molecule has 3 aromatic heterocycles. The van der Waals surface area contributed by atoms with Crippen LogP contribution < -0.4 is 10.1 Å². The van der Waals surface area contributed by atoms with Gasteiger partial charge in [0.25, 0.3) is 11.8 Å². The summed E-state index contributed by atoms with van der Waals surface area (Å²) >= 11 is 0. The number of aryl methyl sites for hydroxylation is 2. The molecule has 1 aromatic carbocycles. The molecular weight excluding hydrogens is 534 g/mol. The van der Waals surface area contributed by atoms with Crippen LogP contribution in [0.15, 0.2) is 41.1 Å². The molecule has 2 aliphatic heterocycles. The van der Waals surface area contributed by atoms with Crippen molar-refractivity contribution in [1.82, 2.24) is 24.7 Å². The van der Waals surface area contributed by atoms with Crippen molar-refractivity contribution < 1.29 is 23.5 Å². The van der Waals surface area contributed by atoms with Crippen LogP contribution in [0, 0.1) is 25.7 Å². The lowest BCUT2D eigenvalue weighted by molar-refractivity contribution is -0.132. The zero-order chi connectivity index (χ0) is 28.7. The quantitative estimate of drug-likeness (QED) is 0.368. The number of hydrogen-bond donors (Lipinski definition) is 1. The third kappa shape index (κ3) is 3.91. The summed E-state index contributed by atoms with van der Waals surface area (Å²) in [6, 6.07) is 7.65. The van der Waals surface area contributed by atoms with Crippen LogP contribution in [-0.4, -0.2) is 68.9 Å². The lowest BCUT2D eigenvalue weighted by Crippen LogP contribution is -2.61. The maximum Gasteiger partial charge on any atom is 0.255 e. The van der Waals surface area contributed by atoms with E-state index in [2.05, 4.69) is 10.4 Å². The first kappa shape index (κ1) is 25.4. The summed E-state index contributed by atoms with van der Waals surface area (Å²) in [5.74, 6) is 3.14. The van der Waals surface area contributed by atoms with Gasteiger partial charge in [-0.1, -0.05) is 0 Å². The Hall–Kier alpha value is -4.34. The van der Waals surface area contributed by atoms with E-state index in [0.717, 1.165) is 36.3 Å². The van der Waals surface area contributed by atoms with Crippen molar-refractivity contribution in [2.45, 2.75) is 58.0 Å². The number of hydrogen-bond acceptors (Lipinski definition) is 6. The van der Waals surface area contributed by atoms with E-state index in [4.69, 9.17) is 9.15 Å². The number of amides is 3. The lowest BCUT2D eigenvalue weighted by Gasteiger charge is -2.43. The summed E-state index contributed by atoms with van der Waals surface area (Å²) in [4.78, 5) is 42.4. The molecule has 2 saturated heterocycles. The first-order chi connectivity index (χ1) is 20.3. The van der Waals surface area contributed by atoms with Gasteiger partial charge in [-0.05, 0) is 69.1 Å². The molecule has 5 aliphatic rings. The van der Waals surface area contributed by atoms with Crippen molar-refractivity contribution in [2.24, 2.45) is 11.8 Å². The molecule has 0 spiro atoms. The monoisotopic (exact) mass is 567 g/mol. The minimum absolute atomic E-state index is 0.0695. The van der Waals surface area contributed by atoms with Crippen molar-refractivity contribution in [3.8, 4) is 11.5 Å². The van der Waals surface area contributed by atoms with Crippen molar-refractivity contribution in [3.05, 3.63) is 59.1 Å². The Balaban J connectivity index is 1.02. The highest BCUT2D eigenvalue weighted by atomic mass is 16.5. The normalized spacial score (nSPS) is 23.5. The van der Waals surface area contributed by atoms with Crippen LogP contribution in [0.3, 0.4) is 0 Å². The summed E-state index contributed by atoms with van der Waals surface area (Å²) in [5.41, 5.74) is 3.22. The number of aromatic nitrogens is 2. The van der Waals surface area contributed by atoms with Crippen LogP contribution in [0.25, 0.3) is 16.5 Å². The number of nitrogens with zero attached hydrogens (tertiary/aromatic N) is 4. The molecular formula is C32H33N5O5. The number of carbonyl (C=O) groups is 3. The van der Waals surface area contributed by atoms with Crippen LogP contribution in [0.1, 0.15) is 64.1 Å². The second-order valence-corrected chi connectivity index (χ2v) is 12.4. The number of benzene rings is 1. The van der Waals surface area contributed by atoms with Crippen molar-refractivity contribution in [1.29, 1.82) is 0 Å². The van der Waals surface area contributed by atoms with Crippen LogP contribution in [0.5, 0.6) is 11.5 Å². The molecule has 10 nitrogen and oxygen atoms in total. The van der Waals surface area contributed by atoms with E-state index in [-0.39, 0.29) is 29.8 Å². The summed E-state index contributed by atoms with van der Waals surface area (Å²) in [6.07, 6.45) is 8.42. The first-order valence-corrected chi connectivity index (χ1v) is 14.9. The second-order valence-electron chi connectivity index (χ2n) is 12.4. The number of carbonyl (C=O) groups excluding carboxylic acids is 3. The number of likely N-dealkylation sites (tertiary alicyclic amines) is 2. The zero-order valence-corrected chi connectivity index (χ0v) is 23.8. The largest absolute Gasteiger partial charge is 0.460 e. The van der Waals surface area contributed by atoms with E-state index in [0.29, 0.717) is 64.9 Å². The van der Waals surface area contributed by atoms with Gasteiger partial charge in [0.15, 0.2) is 5.75 Å². The predicted octanol–water partition coefficient (Wildman–Crippen LogP) is 4.46. The minimum atomic E-state index is -0.0742. The summed E-state index contributed by atoms with van der Waals surface area (Å²) < 4.78 is 14.0. The molecule has 42 heavy (non-hydrogen) atoms. The molecule has 1 N–H and O–H groups in total. The topological polar surface area (TPSA) is 109 Å². The first-order valence-electron chi connectivity index (χ1n) is 14.9. The van der Waals surface area contributed by atoms with Crippen LogP contribution >= 0.6 is 0 Å². The molecule has 216 valence electrons. The number of ether oxygens (including phenoxy) is 1. The molecule has 1 unspecified atom stereocenters.